The molecule has 2 aromatic heterocycles. The maximum atomic E-state index is 6.91. The van der Waals surface area contributed by atoms with Gasteiger partial charge < -0.3 is 18.6 Å². The number of para-hydroxylation sites is 5. The highest BCUT2D eigenvalue weighted by molar-refractivity contribution is 6.30. The molecule has 0 N–H and O–H groups in total. The van der Waals surface area contributed by atoms with Crippen molar-refractivity contribution in [3.8, 4) is 0 Å². The number of hydrogen-bond donors (Lipinski definition) is 0. The summed E-state index contributed by atoms with van der Waals surface area (Å²) in [6.07, 6.45) is 16.4. The van der Waals surface area contributed by atoms with Crippen LogP contribution in [0.25, 0.3) is 71.3 Å². The molecule has 0 atom stereocenters. The Morgan fingerprint density at radius 1 is 0.409 bits per heavy atom. The molecule has 2 saturated carbocycles. The molecule has 0 spiro atoms. The number of aryl methyl sites for hydroxylation is 1. The highest BCUT2D eigenvalue weighted by Crippen LogP contribution is 2.54. The van der Waals surface area contributed by atoms with Crippen LogP contribution in [0.5, 0.6) is 0 Å². The first-order valence-electron chi connectivity index (χ1n) is 24.4. The molecular formula is C62H50N2O2. The van der Waals surface area contributed by atoms with Crippen molar-refractivity contribution in [2.45, 2.75) is 76.0 Å². The van der Waals surface area contributed by atoms with Crippen LogP contribution in [-0.4, -0.2) is 0 Å². The van der Waals surface area contributed by atoms with E-state index in [1.54, 1.807) is 0 Å². The van der Waals surface area contributed by atoms with E-state index in [4.69, 9.17) is 8.83 Å². The van der Waals surface area contributed by atoms with Gasteiger partial charge in [0.2, 0.25) is 0 Å². The first kappa shape index (κ1) is 38.0. The molecule has 4 nitrogen and oxygen atoms in total. The minimum atomic E-state index is 0.485. The second-order valence-corrected chi connectivity index (χ2v) is 19.1. The molecular weight excluding hydrogens is 805 g/mol. The summed E-state index contributed by atoms with van der Waals surface area (Å²) in [5.74, 6) is 1.97. The number of furan rings is 2. The summed E-state index contributed by atoms with van der Waals surface area (Å²) in [6.45, 7) is 0. The fourth-order valence-corrected chi connectivity index (χ4v) is 12.6. The summed E-state index contributed by atoms with van der Waals surface area (Å²) in [5.41, 5.74) is 13.8. The van der Waals surface area contributed by atoms with Gasteiger partial charge in [-0.25, -0.2) is 0 Å². The Morgan fingerprint density at radius 2 is 0.909 bits per heavy atom. The average Bonchev–Trinajstić information content (AvgIpc) is 4.23. The SMILES string of the molecule is C1=Cc2oc3c(N(c4ccccc4)c4cc(C5CCCC5)c5ccc6c(N(c7ccccc7)c7cccc8c7oc7ccccc78)cc(C7CCCC7)c7ccc4c5c76)cccc3c2CC1. The Kier molecular flexibility index (Phi) is 8.72. The molecule has 0 aliphatic heterocycles. The molecule has 11 aromatic rings. The van der Waals surface area contributed by atoms with Crippen LogP contribution >= 0.6 is 0 Å². The molecule has 0 amide bonds. The van der Waals surface area contributed by atoms with Crippen LogP contribution < -0.4 is 9.80 Å². The molecule has 3 aliphatic carbocycles. The van der Waals surface area contributed by atoms with Gasteiger partial charge in [0.25, 0.3) is 0 Å². The van der Waals surface area contributed by atoms with Crippen molar-refractivity contribution < 1.29 is 8.83 Å². The van der Waals surface area contributed by atoms with Gasteiger partial charge in [-0.1, -0.05) is 135 Å². The normalized spacial score (nSPS) is 15.7. The van der Waals surface area contributed by atoms with E-state index in [-0.39, 0.29) is 0 Å². The molecule has 0 unspecified atom stereocenters. The van der Waals surface area contributed by atoms with E-state index in [9.17, 15) is 0 Å². The van der Waals surface area contributed by atoms with E-state index < -0.39 is 0 Å². The molecule has 14 rings (SSSR count). The highest BCUT2D eigenvalue weighted by atomic mass is 16.3. The van der Waals surface area contributed by atoms with Crippen LogP contribution in [0.2, 0.25) is 0 Å². The summed E-state index contributed by atoms with van der Waals surface area (Å²) >= 11 is 0. The van der Waals surface area contributed by atoms with Crippen LogP contribution in [0.4, 0.5) is 34.1 Å². The third kappa shape index (κ3) is 5.76. The molecule has 4 heteroatoms. The van der Waals surface area contributed by atoms with Gasteiger partial charge in [0.1, 0.15) is 11.3 Å². The molecule has 2 heterocycles. The lowest BCUT2D eigenvalue weighted by Gasteiger charge is -2.32. The summed E-state index contributed by atoms with van der Waals surface area (Å²) in [7, 11) is 0. The third-order valence-electron chi connectivity index (χ3n) is 15.5. The molecule has 66 heavy (non-hydrogen) atoms. The van der Waals surface area contributed by atoms with Crippen LogP contribution in [0.1, 0.15) is 92.1 Å². The van der Waals surface area contributed by atoms with Crippen molar-refractivity contribution >= 4 is 105 Å². The van der Waals surface area contributed by atoms with E-state index >= 15 is 0 Å². The number of hydrogen-bond acceptors (Lipinski definition) is 4. The van der Waals surface area contributed by atoms with Gasteiger partial charge in [-0.15, -0.1) is 0 Å². The lowest BCUT2D eigenvalue weighted by atomic mass is 9.82. The Morgan fingerprint density at radius 3 is 1.50 bits per heavy atom. The summed E-state index contributed by atoms with van der Waals surface area (Å²) in [6, 6.07) is 58.9. The van der Waals surface area contributed by atoms with Crippen LogP contribution in [0, 0.1) is 0 Å². The Hall–Kier alpha value is -7.30. The van der Waals surface area contributed by atoms with E-state index in [0.717, 1.165) is 68.9 Å². The zero-order valence-corrected chi connectivity index (χ0v) is 37.1. The Balaban J connectivity index is 1.11. The predicted octanol–water partition coefficient (Wildman–Crippen LogP) is 18.4. The van der Waals surface area contributed by atoms with Gasteiger partial charge in [0.05, 0.1) is 22.7 Å². The van der Waals surface area contributed by atoms with Crippen molar-refractivity contribution in [1.82, 2.24) is 0 Å². The van der Waals surface area contributed by atoms with E-state index in [2.05, 4.69) is 180 Å². The summed E-state index contributed by atoms with van der Waals surface area (Å²) in [4.78, 5) is 5.01. The number of fused-ring (bicyclic) bond motifs is 6. The van der Waals surface area contributed by atoms with Crippen LogP contribution in [0.3, 0.4) is 0 Å². The van der Waals surface area contributed by atoms with E-state index in [1.165, 1.54) is 117 Å². The minimum absolute atomic E-state index is 0.485. The van der Waals surface area contributed by atoms with Crippen LogP contribution in [-0.2, 0) is 6.42 Å². The lowest BCUT2D eigenvalue weighted by molar-refractivity contribution is 0.596. The molecule has 0 bridgehead atoms. The summed E-state index contributed by atoms with van der Waals surface area (Å²) in [5, 5.41) is 11.5. The zero-order chi connectivity index (χ0) is 43.3. The van der Waals surface area contributed by atoms with Crippen molar-refractivity contribution in [1.29, 1.82) is 0 Å². The van der Waals surface area contributed by atoms with Gasteiger partial charge in [0, 0.05) is 43.9 Å². The van der Waals surface area contributed by atoms with Crippen molar-refractivity contribution in [2.24, 2.45) is 0 Å². The van der Waals surface area contributed by atoms with Crippen molar-refractivity contribution in [2.75, 3.05) is 9.80 Å². The van der Waals surface area contributed by atoms with Crippen molar-refractivity contribution in [3.63, 3.8) is 0 Å². The Bertz CT molecular complexity index is 3680. The number of benzene rings is 9. The molecule has 0 radical (unpaired) electrons. The summed E-state index contributed by atoms with van der Waals surface area (Å²) < 4.78 is 13.8. The Labute approximate surface area is 384 Å². The maximum absolute atomic E-state index is 6.91. The average molecular weight is 855 g/mol. The monoisotopic (exact) mass is 854 g/mol. The van der Waals surface area contributed by atoms with E-state index in [0.29, 0.717) is 11.8 Å². The van der Waals surface area contributed by atoms with Gasteiger partial charge in [-0.3, -0.25) is 0 Å². The molecule has 9 aromatic carbocycles. The standard InChI is InChI=1S/C62H50N2O2/c1-3-21-41(22-4-1)63(53-29-15-27-47-43-25-11-13-31-57(43)65-61(47)53)55-37-51(39-17-7-8-18-39)45-34-36-50-56(38-52(40-19-9-10-20-40)46-33-35-49(55)59(45)60(46)50)64(42-23-5-2-6-24-42)54-30-16-28-48-44-26-12-14-32-58(44)66-62(48)54/h1-6,11,13-16,21-25,27-40H,7-10,12,17-20,26H2. The topological polar surface area (TPSA) is 32.8 Å². The molecule has 320 valence electrons. The van der Waals surface area contributed by atoms with Gasteiger partial charge in [-0.05, 0) is 144 Å². The predicted molar refractivity (Wildman–Crippen MR) is 276 cm³/mol. The third-order valence-corrected chi connectivity index (χ3v) is 15.5. The van der Waals surface area contributed by atoms with Crippen LogP contribution in [0.15, 0.2) is 173 Å². The maximum Gasteiger partial charge on any atom is 0.159 e. The zero-order valence-electron chi connectivity index (χ0n) is 37.1. The van der Waals surface area contributed by atoms with Gasteiger partial charge in [-0.2, -0.15) is 0 Å². The fourth-order valence-electron chi connectivity index (χ4n) is 12.6. The fraction of sp³-hybridized carbons (Fsp3) is 0.194. The quantitative estimate of drug-likeness (QED) is 0.143. The first-order chi connectivity index (χ1) is 32.8. The van der Waals surface area contributed by atoms with E-state index in [1.807, 2.05) is 0 Å². The smallest absolute Gasteiger partial charge is 0.159 e. The second-order valence-electron chi connectivity index (χ2n) is 19.1. The molecule has 3 aliphatic rings. The minimum Gasteiger partial charge on any atom is -0.454 e. The highest BCUT2D eigenvalue weighted by Gasteiger charge is 2.31. The number of allylic oxidation sites excluding steroid dienone is 1. The number of anilines is 6. The molecule has 2 fully saturated rings. The number of rotatable bonds is 8. The van der Waals surface area contributed by atoms with Crippen molar-refractivity contribution in [3.05, 3.63) is 186 Å². The first-order valence-corrected chi connectivity index (χ1v) is 24.4. The van der Waals surface area contributed by atoms with Gasteiger partial charge in [0.15, 0.2) is 11.2 Å². The largest absolute Gasteiger partial charge is 0.454 e. The molecule has 0 saturated heterocycles. The van der Waals surface area contributed by atoms with Gasteiger partial charge >= 0.3 is 0 Å². The lowest BCUT2D eigenvalue weighted by Crippen LogP contribution is -2.13. The number of nitrogens with zero attached hydrogens (tertiary/aromatic N) is 2. The second kappa shape index (κ2) is 15.1.